The van der Waals surface area contributed by atoms with E-state index in [0.717, 1.165) is 51.8 Å². The zero-order valence-electron chi connectivity index (χ0n) is 40.2. The maximum absolute atomic E-state index is 13.0. The van der Waals surface area contributed by atoms with Gasteiger partial charge < -0.3 is 38.1 Å². The second-order valence-electron chi connectivity index (χ2n) is 15.7. The molecule has 20 nitrogen and oxygen atoms in total. The van der Waals surface area contributed by atoms with Crippen molar-refractivity contribution in [1.82, 2.24) is 59.4 Å². The first-order valence-electron chi connectivity index (χ1n) is 22.2. The lowest BCUT2D eigenvalue weighted by Gasteiger charge is -2.12. The van der Waals surface area contributed by atoms with Gasteiger partial charge in [-0.15, -0.1) is 0 Å². The SMILES string of the molecule is Clc1ccnc(Cl)n1.Cn1cc(-c2nccc(Nc3ccc(N)cc3)n2)cn1.Cn1cc(-c2nccc(Nc3ccc(NC(=O)Nc4ccc(Cl)c(C(F)(F)F)c4)cc3)n2)cn1.Nc1ccc(Nc2ccnc(Cl)n2)cc1. The second kappa shape index (κ2) is 26.4. The summed E-state index contributed by atoms with van der Waals surface area (Å²) in [5, 5.41) is 22.9. The molecule has 4 aromatic carbocycles. The van der Waals surface area contributed by atoms with Crippen molar-refractivity contribution in [3.63, 3.8) is 0 Å². The van der Waals surface area contributed by atoms with Gasteiger partial charge in [-0.05, 0) is 138 Å². The Bertz CT molecular complexity index is 3520. The van der Waals surface area contributed by atoms with Gasteiger partial charge in [0, 0.05) is 91.1 Å². The predicted octanol–water partition coefficient (Wildman–Crippen LogP) is 12.4. The summed E-state index contributed by atoms with van der Waals surface area (Å²) in [7, 11) is 3.66. The fourth-order valence-corrected chi connectivity index (χ4v) is 6.95. The summed E-state index contributed by atoms with van der Waals surface area (Å²) in [6.07, 6.45) is 8.89. The van der Waals surface area contributed by atoms with Crippen molar-refractivity contribution in [2.75, 3.05) is 38.1 Å². The van der Waals surface area contributed by atoms with Gasteiger partial charge >= 0.3 is 12.2 Å². The Labute approximate surface area is 457 Å². The first-order chi connectivity index (χ1) is 36.9. The molecule has 10 aromatic rings. The molecule has 0 aliphatic carbocycles. The monoisotopic (exact) mass is 1120 g/mol. The predicted molar refractivity (Wildman–Crippen MR) is 295 cm³/mol. The number of carbonyl (C=O) groups excluding carboxylic acids is 1. The van der Waals surface area contributed by atoms with Crippen LogP contribution in [-0.4, -0.2) is 65.5 Å². The Balaban J connectivity index is 0.000000168. The van der Waals surface area contributed by atoms with Gasteiger partial charge in [-0.2, -0.15) is 23.4 Å². The summed E-state index contributed by atoms with van der Waals surface area (Å²) in [6.45, 7) is 0. The highest BCUT2D eigenvalue weighted by Crippen LogP contribution is 2.36. The van der Waals surface area contributed by atoms with Crippen molar-refractivity contribution < 1.29 is 18.0 Å². The molecule has 6 heterocycles. The number of nitrogen functional groups attached to an aromatic ring is 2. The quantitative estimate of drug-likeness (QED) is 0.0381. The van der Waals surface area contributed by atoms with Gasteiger partial charge in [-0.1, -0.05) is 23.2 Å². The summed E-state index contributed by atoms with van der Waals surface area (Å²) < 4.78 is 42.3. The van der Waals surface area contributed by atoms with E-state index in [1.54, 1.807) is 96.1 Å². The number of alkyl halides is 3. The van der Waals surface area contributed by atoms with Crippen molar-refractivity contribution in [1.29, 1.82) is 0 Å². The van der Waals surface area contributed by atoms with E-state index in [0.29, 0.717) is 39.8 Å². The number of rotatable bonds is 10. The van der Waals surface area contributed by atoms with Crippen molar-refractivity contribution in [3.05, 3.63) is 191 Å². The molecule has 9 N–H and O–H groups in total. The smallest absolute Gasteiger partial charge is 0.399 e. The number of carbonyl (C=O) groups is 1. The molecular formula is C50H42Cl4F3N19O. The molecule has 2 amide bonds. The molecular weight excluding hydrogens is 1080 g/mol. The van der Waals surface area contributed by atoms with E-state index in [1.807, 2.05) is 67.8 Å². The molecule has 0 saturated carbocycles. The minimum Gasteiger partial charge on any atom is -0.399 e. The number of aryl methyl sites for hydroxylation is 2. The lowest BCUT2D eigenvalue weighted by molar-refractivity contribution is -0.137. The Morgan fingerprint density at radius 1 is 0.506 bits per heavy atom. The number of halogens is 7. The summed E-state index contributed by atoms with van der Waals surface area (Å²) >= 11 is 22.0. The number of nitrogens with two attached hydrogens (primary N) is 2. The molecule has 0 aliphatic rings. The number of hydrogen-bond acceptors (Lipinski definition) is 16. The number of nitrogens with zero attached hydrogens (tertiary/aromatic N) is 12. The highest BCUT2D eigenvalue weighted by atomic mass is 35.5. The van der Waals surface area contributed by atoms with Crippen molar-refractivity contribution >= 4 is 110 Å². The van der Waals surface area contributed by atoms with Gasteiger partial charge in [0.1, 0.15) is 22.6 Å². The molecule has 6 aromatic heterocycles. The average Bonchev–Trinajstić information content (AvgIpc) is 4.05. The third-order valence-electron chi connectivity index (χ3n) is 9.77. The van der Waals surface area contributed by atoms with Crippen LogP contribution in [0.5, 0.6) is 0 Å². The van der Waals surface area contributed by atoms with Crippen LogP contribution in [0.15, 0.2) is 165 Å². The van der Waals surface area contributed by atoms with E-state index in [4.69, 9.17) is 57.9 Å². The zero-order valence-corrected chi connectivity index (χ0v) is 43.2. The van der Waals surface area contributed by atoms with Crippen LogP contribution < -0.4 is 38.1 Å². The fourth-order valence-electron chi connectivity index (χ4n) is 6.25. The van der Waals surface area contributed by atoms with Crippen molar-refractivity contribution in [2.45, 2.75) is 6.18 Å². The van der Waals surface area contributed by atoms with E-state index >= 15 is 0 Å². The molecule has 77 heavy (non-hydrogen) atoms. The van der Waals surface area contributed by atoms with E-state index in [1.165, 1.54) is 12.3 Å². The van der Waals surface area contributed by atoms with Crippen LogP contribution in [0.1, 0.15) is 5.56 Å². The van der Waals surface area contributed by atoms with E-state index in [2.05, 4.69) is 76.7 Å². The van der Waals surface area contributed by atoms with Crippen LogP contribution >= 0.6 is 46.4 Å². The Kier molecular flexibility index (Phi) is 19.0. The molecule has 0 radical (unpaired) electrons. The van der Waals surface area contributed by atoms with Gasteiger partial charge in [-0.25, -0.2) is 44.7 Å². The molecule has 0 spiro atoms. The number of benzene rings is 4. The second-order valence-corrected chi connectivity index (χ2v) is 17.1. The number of amides is 2. The standard InChI is InChI=1S/C22H17ClF3N7O.C14H14N6.C10H9ClN4.C4H2Cl2N2/c1-33-12-13(11-28-33)20-27-9-8-19(32-20)29-14-2-4-15(5-3-14)30-21(34)31-16-6-7-18(23)17(10-16)22(24,25)26;1-20-9-10(8-17-20)14-16-7-6-13(19-14)18-12-4-2-11(15)3-5-12;11-10-13-6-5-9(15-10)14-8-3-1-7(12)2-4-8;5-3-1-2-7-4(6)8-3/h2-12H,1H3,(H,27,29,32)(H2,30,31,34);2-9H,15H2,1H3,(H,16,18,19);1-6H,12H2,(H,13,14,15);1-2H. The molecule has 0 fully saturated rings. The zero-order chi connectivity index (χ0) is 54.9. The largest absolute Gasteiger partial charge is 0.417 e. The Morgan fingerprint density at radius 2 is 0.909 bits per heavy atom. The van der Waals surface area contributed by atoms with Gasteiger partial charge in [0.2, 0.25) is 10.6 Å². The van der Waals surface area contributed by atoms with Gasteiger partial charge in [0.25, 0.3) is 0 Å². The molecule has 0 atom stereocenters. The molecule has 392 valence electrons. The van der Waals surface area contributed by atoms with Crippen LogP contribution in [0, 0.1) is 0 Å². The number of urea groups is 1. The highest BCUT2D eigenvalue weighted by molar-refractivity contribution is 6.32. The van der Waals surface area contributed by atoms with Crippen LogP contribution in [0.4, 0.5) is 75.2 Å². The lowest BCUT2D eigenvalue weighted by atomic mass is 10.2. The van der Waals surface area contributed by atoms with Crippen LogP contribution in [-0.2, 0) is 20.3 Å². The Morgan fingerprint density at radius 3 is 1.32 bits per heavy atom. The fraction of sp³-hybridized carbons (Fsp3) is 0.0600. The first kappa shape index (κ1) is 55.6. The van der Waals surface area contributed by atoms with Gasteiger partial charge in [0.15, 0.2) is 11.6 Å². The van der Waals surface area contributed by atoms with Crippen LogP contribution in [0.2, 0.25) is 20.7 Å². The molecule has 0 bridgehead atoms. The van der Waals surface area contributed by atoms with Crippen LogP contribution in [0.25, 0.3) is 22.8 Å². The minimum absolute atomic E-state index is 0.0410. The van der Waals surface area contributed by atoms with Gasteiger partial charge in [0.05, 0.1) is 34.1 Å². The summed E-state index contributed by atoms with van der Waals surface area (Å²) in [5.74, 6) is 3.10. The van der Waals surface area contributed by atoms with E-state index in [-0.39, 0.29) is 16.3 Å². The summed E-state index contributed by atoms with van der Waals surface area (Å²) in [5.41, 5.74) is 16.2. The van der Waals surface area contributed by atoms with E-state index in [9.17, 15) is 18.0 Å². The molecule has 27 heteroatoms. The normalized spacial score (nSPS) is 10.6. The maximum atomic E-state index is 13.0. The van der Waals surface area contributed by atoms with Gasteiger partial charge in [-0.3, -0.25) is 9.36 Å². The molecule has 0 aliphatic heterocycles. The topological polar surface area (TPSA) is 268 Å². The number of anilines is 10. The molecule has 0 saturated heterocycles. The molecule has 10 rings (SSSR count). The van der Waals surface area contributed by atoms with Crippen molar-refractivity contribution in [2.24, 2.45) is 14.1 Å². The van der Waals surface area contributed by atoms with Crippen LogP contribution in [0.3, 0.4) is 0 Å². The minimum atomic E-state index is -4.63. The first-order valence-corrected chi connectivity index (χ1v) is 23.8. The lowest BCUT2D eigenvalue weighted by Crippen LogP contribution is -2.19. The Hall–Kier alpha value is -9.16. The highest BCUT2D eigenvalue weighted by Gasteiger charge is 2.33. The third-order valence-corrected chi connectivity index (χ3v) is 10.7. The average molecular weight is 1120 g/mol. The molecule has 0 unspecified atom stereocenters. The third kappa shape index (κ3) is 17.7. The summed E-state index contributed by atoms with van der Waals surface area (Å²) in [6, 6.07) is 30.8. The number of nitrogens with one attached hydrogen (secondary N) is 5. The maximum Gasteiger partial charge on any atom is 0.417 e. The van der Waals surface area contributed by atoms with E-state index < -0.39 is 22.8 Å². The number of hydrogen-bond donors (Lipinski definition) is 7. The summed E-state index contributed by atoms with van der Waals surface area (Å²) in [4.78, 5) is 44.6. The van der Waals surface area contributed by atoms with Crippen molar-refractivity contribution in [3.8, 4) is 22.8 Å². The number of aromatic nitrogens is 12.